The van der Waals surface area contributed by atoms with E-state index in [4.69, 9.17) is 0 Å². The SMILES string of the molecule is O=C1CCCN(C(=O)c2cccn3cnnc23)CCNC(=O)[C@H](Cc2ccccc2)NC(=O)c2cc(ccn2)NCCN1. The van der Waals surface area contributed by atoms with E-state index in [1.807, 2.05) is 30.3 Å². The van der Waals surface area contributed by atoms with Gasteiger partial charge in [0.15, 0.2) is 5.65 Å². The molecule has 4 N–H and O–H groups in total. The Morgan fingerprint density at radius 3 is 2.63 bits per heavy atom. The topological polar surface area (TPSA) is 163 Å². The molecule has 222 valence electrons. The highest BCUT2D eigenvalue weighted by atomic mass is 16.2. The van der Waals surface area contributed by atoms with E-state index >= 15 is 0 Å². The van der Waals surface area contributed by atoms with Crippen molar-refractivity contribution in [2.24, 2.45) is 0 Å². The van der Waals surface area contributed by atoms with Crippen molar-refractivity contribution in [3.63, 3.8) is 0 Å². The summed E-state index contributed by atoms with van der Waals surface area (Å²) in [5.41, 5.74) is 2.47. The van der Waals surface area contributed by atoms with Crippen LogP contribution in [-0.2, 0) is 16.0 Å². The maximum Gasteiger partial charge on any atom is 0.270 e. The monoisotopic (exact) mass is 583 g/mol. The average molecular weight is 584 g/mol. The number of hydrogen-bond acceptors (Lipinski definition) is 8. The number of rotatable bonds is 3. The zero-order valence-corrected chi connectivity index (χ0v) is 23.5. The lowest BCUT2D eigenvalue weighted by molar-refractivity contribution is -0.123. The van der Waals surface area contributed by atoms with Gasteiger partial charge in [0.2, 0.25) is 11.8 Å². The minimum atomic E-state index is -0.883. The van der Waals surface area contributed by atoms with Gasteiger partial charge in [-0.15, -0.1) is 10.2 Å². The fraction of sp³-hybridized carbons (Fsp3) is 0.300. The molecule has 4 heterocycles. The first-order valence-corrected chi connectivity index (χ1v) is 14.1. The molecule has 0 saturated heterocycles. The van der Waals surface area contributed by atoms with Gasteiger partial charge in [0.25, 0.3) is 11.8 Å². The molecular formula is C30H33N9O4. The van der Waals surface area contributed by atoms with Crippen molar-refractivity contribution in [3.05, 3.63) is 90.1 Å². The van der Waals surface area contributed by atoms with Gasteiger partial charge in [-0.05, 0) is 36.2 Å². The second-order valence-electron chi connectivity index (χ2n) is 10.1. The molecule has 0 fully saturated rings. The number of fused-ring (bicyclic) bond motifs is 3. The van der Waals surface area contributed by atoms with Gasteiger partial charge in [-0.2, -0.15) is 0 Å². The van der Waals surface area contributed by atoms with E-state index in [2.05, 4.69) is 36.4 Å². The van der Waals surface area contributed by atoms with Crippen molar-refractivity contribution in [1.82, 2.24) is 40.4 Å². The van der Waals surface area contributed by atoms with Crippen molar-refractivity contribution in [2.45, 2.75) is 25.3 Å². The Hall–Kier alpha value is -5.33. The van der Waals surface area contributed by atoms with Crippen LogP contribution in [0.4, 0.5) is 5.69 Å². The van der Waals surface area contributed by atoms with E-state index in [0.717, 1.165) is 5.56 Å². The van der Waals surface area contributed by atoms with Crippen molar-refractivity contribution in [3.8, 4) is 0 Å². The smallest absolute Gasteiger partial charge is 0.270 e. The minimum absolute atomic E-state index is 0.130. The van der Waals surface area contributed by atoms with Crippen LogP contribution in [0.25, 0.3) is 5.65 Å². The fourth-order valence-electron chi connectivity index (χ4n) is 4.82. The van der Waals surface area contributed by atoms with Crippen molar-refractivity contribution >= 4 is 35.0 Å². The van der Waals surface area contributed by atoms with E-state index in [1.165, 1.54) is 12.5 Å². The number of amides is 4. The Kier molecular flexibility index (Phi) is 9.52. The Morgan fingerprint density at radius 2 is 1.77 bits per heavy atom. The van der Waals surface area contributed by atoms with Crippen LogP contribution in [0.3, 0.4) is 0 Å². The highest BCUT2D eigenvalue weighted by Crippen LogP contribution is 2.13. The standard InChI is InChI=1S/C30H33N9O4/c40-26-9-5-15-38(30(43)23-8-4-16-39-20-35-37-27(23)39)17-14-34-28(41)25(18-21-6-2-1-3-7-21)36-29(42)24-19-22(10-11-32-24)31-12-13-33-26/h1-4,6-8,10-11,16,19-20,25,31H,5,9,12-15,17-18H2,(H,33,40)(H,34,41)(H,36,42)/t25-/m0/s1. The van der Waals surface area contributed by atoms with Crippen LogP contribution in [-0.4, -0.2) is 86.9 Å². The first-order chi connectivity index (χ1) is 21.0. The van der Waals surface area contributed by atoms with Crippen molar-refractivity contribution < 1.29 is 19.2 Å². The third-order valence-electron chi connectivity index (χ3n) is 7.03. The zero-order chi connectivity index (χ0) is 30.0. The van der Waals surface area contributed by atoms with Gasteiger partial charge < -0.3 is 26.2 Å². The molecular weight excluding hydrogens is 550 g/mol. The molecule has 13 nitrogen and oxygen atoms in total. The minimum Gasteiger partial charge on any atom is -0.383 e. The van der Waals surface area contributed by atoms with E-state index in [0.29, 0.717) is 36.4 Å². The average Bonchev–Trinajstić information content (AvgIpc) is 3.51. The molecule has 43 heavy (non-hydrogen) atoms. The van der Waals surface area contributed by atoms with E-state index in [-0.39, 0.29) is 50.0 Å². The first-order valence-electron chi connectivity index (χ1n) is 14.1. The summed E-state index contributed by atoms with van der Waals surface area (Å²) in [6.45, 7) is 1.41. The Labute approximate surface area is 248 Å². The zero-order valence-electron chi connectivity index (χ0n) is 23.5. The quantitative estimate of drug-likeness (QED) is 0.278. The number of pyridine rings is 2. The maximum atomic E-state index is 13.6. The molecule has 1 atom stereocenters. The van der Waals surface area contributed by atoms with Gasteiger partial charge in [-0.25, -0.2) is 0 Å². The normalized spacial score (nSPS) is 17.4. The number of anilines is 1. The van der Waals surface area contributed by atoms with E-state index in [1.54, 1.807) is 39.8 Å². The van der Waals surface area contributed by atoms with E-state index < -0.39 is 17.9 Å². The van der Waals surface area contributed by atoms with Crippen LogP contribution < -0.4 is 21.3 Å². The van der Waals surface area contributed by atoms with Gasteiger partial charge >= 0.3 is 0 Å². The summed E-state index contributed by atoms with van der Waals surface area (Å²) in [5, 5.41) is 19.7. The number of carbonyl (C=O) groups excluding carboxylic acids is 4. The number of hydrogen-bond donors (Lipinski definition) is 4. The van der Waals surface area contributed by atoms with Gasteiger partial charge in [-0.3, -0.25) is 28.6 Å². The number of nitrogens with one attached hydrogen (secondary N) is 4. The molecule has 0 aliphatic carbocycles. The van der Waals surface area contributed by atoms with Gasteiger partial charge in [-0.1, -0.05) is 30.3 Å². The number of nitrogens with zero attached hydrogens (tertiary/aromatic N) is 5. The summed E-state index contributed by atoms with van der Waals surface area (Å²) < 4.78 is 1.66. The van der Waals surface area contributed by atoms with Crippen molar-refractivity contribution in [2.75, 3.05) is 38.0 Å². The Bertz CT molecular complexity index is 1590. The van der Waals surface area contributed by atoms with E-state index in [9.17, 15) is 19.2 Å². The van der Waals surface area contributed by atoms with Gasteiger partial charge in [0, 0.05) is 63.6 Å². The molecule has 4 amide bonds. The second-order valence-corrected chi connectivity index (χ2v) is 10.1. The lowest BCUT2D eigenvalue weighted by atomic mass is 10.0. The van der Waals surface area contributed by atoms with Crippen LogP contribution in [0.5, 0.6) is 0 Å². The Balaban J connectivity index is 1.36. The third-order valence-corrected chi connectivity index (χ3v) is 7.03. The highest BCUT2D eigenvalue weighted by molar-refractivity contribution is 6.00. The summed E-state index contributed by atoms with van der Waals surface area (Å²) in [6.07, 6.45) is 5.69. The summed E-state index contributed by atoms with van der Waals surface area (Å²) >= 11 is 0. The van der Waals surface area contributed by atoms with Gasteiger partial charge in [0.05, 0.1) is 5.56 Å². The molecule has 1 aliphatic heterocycles. The van der Waals surface area contributed by atoms with Crippen LogP contribution in [0.1, 0.15) is 39.3 Å². The number of carbonyl (C=O) groups is 4. The summed E-state index contributed by atoms with van der Waals surface area (Å²) in [4.78, 5) is 58.5. The maximum absolute atomic E-state index is 13.6. The number of aromatic nitrogens is 4. The van der Waals surface area contributed by atoms with Crippen LogP contribution in [0.2, 0.25) is 0 Å². The van der Waals surface area contributed by atoms with Crippen molar-refractivity contribution in [1.29, 1.82) is 0 Å². The van der Waals surface area contributed by atoms with Crippen LogP contribution in [0, 0.1) is 0 Å². The molecule has 13 heteroatoms. The van der Waals surface area contributed by atoms with Crippen LogP contribution in [0.15, 0.2) is 73.3 Å². The molecule has 5 rings (SSSR count). The molecule has 3 aromatic heterocycles. The summed E-state index contributed by atoms with van der Waals surface area (Å²) in [6, 6.07) is 15.2. The second kappa shape index (κ2) is 14.0. The highest BCUT2D eigenvalue weighted by Gasteiger charge is 2.24. The summed E-state index contributed by atoms with van der Waals surface area (Å²) in [7, 11) is 0. The molecule has 0 radical (unpaired) electrons. The molecule has 0 unspecified atom stereocenters. The molecule has 1 aliphatic rings. The largest absolute Gasteiger partial charge is 0.383 e. The molecule has 1 aromatic carbocycles. The molecule has 0 spiro atoms. The molecule has 0 saturated carbocycles. The van der Waals surface area contributed by atoms with Crippen LogP contribution >= 0.6 is 0 Å². The Morgan fingerprint density at radius 1 is 0.930 bits per heavy atom. The predicted octanol–water partition coefficient (Wildman–Crippen LogP) is 1.05. The predicted molar refractivity (Wildman–Crippen MR) is 158 cm³/mol. The fourth-order valence-corrected chi connectivity index (χ4v) is 4.82. The molecule has 2 bridgehead atoms. The number of benzene rings is 1. The molecule has 4 aromatic rings. The lowest BCUT2D eigenvalue weighted by Crippen LogP contribution is -2.50. The summed E-state index contributed by atoms with van der Waals surface area (Å²) in [5.74, 6) is -1.32. The lowest BCUT2D eigenvalue weighted by Gasteiger charge is -2.24. The van der Waals surface area contributed by atoms with Gasteiger partial charge in [0.1, 0.15) is 18.1 Å². The third kappa shape index (κ3) is 7.70. The first kappa shape index (κ1) is 29.2.